The zero-order valence-electron chi connectivity index (χ0n) is 14.5. The molecule has 2 aromatic carbocycles. The maximum atomic E-state index is 12.5. The van der Waals surface area contributed by atoms with Crippen molar-refractivity contribution in [2.24, 2.45) is 0 Å². The van der Waals surface area contributed by atoms with Gasteiger partial charge in [0.25, 0.3) is 5.91 Å². The summed E-state index contributed by atoms with van der Waals surface area (Å²) < 4.78 is 5.59. The zero-order chi connectivity index (χ0) is 17.9. The van der Waals surface area contributed by atoms with Crippen LogP contribution in [0.4, 0.5) is 6.01 Å². The molecule has 0 saturated heterocycles. The summed E-state index contributed by atoms with van der Waals surface area (Å²) in [6, 6.07) is 13.8. The van der Waals surface area contributed by atoms with Crippen molar-refractivity contribution in [3.05, 3.63) is 59.2 Å². The largest absolute Gasteiger partial charge is 0.403 e. The van der Waals surface area contributed by atoms with Gasteiger partial charge in [0.15, 0.2) is 0 Å². The predicted molar refractivity (Wildman–Crippen MR) is 103 cm³/mol. The van der Waals surface area contributed by atoms with E-state index in [1.165, 1.54) is 24.0 Å². The Morgan fingerprint density at radius 3 is 2.58 bits per heavy atom. The van der Waals surface area contributed by atoms with Gasteiger partial charge in [-0.15, -0.1) is 16.9 Å². The van der Waals surface area contributed by atoms with Crippen molar-refractivity contribution in [1.82, 2.24) is 10.2 Å². The van der Waals surface area contributed by atoms with Crippen molar-refractivity contribution >= 4 is 23.7 Å². The SMILES string of the molecule is CSc1ccc(-c2nnc(NC(=O)c3ccc4c(c3)CCCC4)o2)cc1. The summed E-state index contributed by atoms with van der Waals surface area (Å²) in [7, 11) is 0. The van der Waals surface area contributed by atoms with Crippen LogP contribution in [0.1, 0.15) is 34.3 Å². The molecule has 1 aliphatic carbocycles. The molecule has 0 spiro atoms. The fourth-order valence-electron chi connectivity index (χ4n) is 3.17. The van der Waals surface area contributed by atoms with Crippen molar-refractivity contribution < 1.29 is 9.21 Å². The Morgan fingerprint density at radius 1 is 1.04 bits per heavy atom. The zero-order valence-corrected chi connectivity index (χ0v) is 15.3. The highest BCUT2D eigenvalue weighted by Crippen LogP contribution is 2.25. The van der Waals surface area contributed by atoms with Gasteiger partial charge < -0.3 is 4.42 Å². The summed E-state index contributed by atoms with van der Waals surface area (Å²) in [5.74, 6) is 0.157. The van der Waals surface area contributed by atoms with Crippen molar-refractivity contribution in [2.75, 3.05) is 11.6 Å². The molecule has 1 aromatic heterocycles. The van der Waals surface area contributed by atoms with E-state index in [9.17, 15) is 4.79 Å². The van der Waals surface area contributed by atoms with Crippen LogP contribution in [-0.2, 0) is 12.8 Å². The molecule has 0 unspecified atom stereocenters. The standard InChI is InChI=1S/C20H19N3O2S/c1-26-17-10-8-14(9-11-17)19-22-23-20(25-19)21-18(24)16-7-6-13-4-2-3-5-15(13)12-16/h6-12H,2-5H2,1H3,(H,21,23,24). The van der Waals surface area contributed by atoms with Crippen molar-refractivity contribution in [3.8, 4) is 11.5 Å². The molecule has 0 bridgehead atoms. The lowest BCUT2D eigenvalue weighted by Gasteiger charge is -2.16. The molecular formula is C20H19N3O2S. The molecule has 4 rings (SSSR count). The monoisotopic (exact) mass is 365 g/mol. The summed E-state index contributed by atoms with van der Waals surface area (Å²) in [4.78, 5) is 13.6. The maximum Gasteiger partial charge on any atom is 0.322 e. The van der Waals surface area contributed by atoms with Crippen molar-refractivity contribution in [3.63, 3.8) is 0 Å². The first-order valence-corrected chi connectivity index (χ1v) is 9.86. The number of carbonyl (C=O) groups excluding carboxylic acids is 1. The van der Waals surface area contributed by atoms with Gasteiger partial charge in [-0.2, -0.15) is 0 Å². The molecule has 1 heterocycles. The topological polar surface area (TPSA) is 68.0 Å². The number of carbonyl (C=O) groups is 1. The number of fused-ring (bicyclic) bond motifs is 1. The molecule has 5 nitrogen and oxygen atoms in total. The predicted octanol–water partition coefficient (Wildman–Crippen LogP) is 4.59. The van der Waals surface area contributed by atoms with Gasteiger partial charge in [-0.3, -0.25) is 10.1 Å². The Hall–Kier alpha value is -2.60. The summed E-state index contributed by atoms with van der Waals surface area (Å²) >= 11 is 1.67. The Labute approximate surface area is 156 Å². The van der Waals surface area contributed by atoms with Crippen LogP contribution in [0, 0.1) is 0 Å². The molecular weight excluding hydrogens is 346 g/mol. The van der Waals surface area contributed by atoms with Crippen LogP contribution < -0.4 is 5.32 Å². The fourth-order valence-corrected chi connectivity index (χ4v) is 3.58. The molecule has 0 fully saturated rings. The highest BCUT2D eigenvalue weighted by molar-refractivity contribution is 7.98. The van der Waals surface area contributed by atoms with E-state index >= 15 is 0 Å². The van der Waals surface area contributed by atoms with E-state index in [4.69, 9.17) is 4.42 Å². The number of thioether (sulfide) groups is 1. The molecule has 1 N–H and O–H groups in total. The summed E-state index contributed by atoms with van der Waals surface area (Å²) in [6.07, 6.45) is 6.56. The maximum absolute atomic E-state index is 12.5. The molecule has 6 heteroatoms. The number of nitrogens with zero attached hydrogens (tertiary/aromatic N) is 2. The highest BCUT2D eigenvalue weighted by atomic mass is 32.2. The number of nitrogens with one attached hydrogen (secondary N) is 1. The first-order chi connectivity index (χ1) is 12.7. The van der Waals surface area contributed by atoms with Crippen LogP contribution in [0.2, 0.25) is 0 Å². The highest BCUT2D eigenvalue weighted by Gasteiger charge is 2.15. The van der Waals surface area contributed by atoms with Crippen LogP contribution in [0.3, 0.4) is 0 Å². The van der Waals surface area contributed by atoms with Crippen LogP contribution in [0.5, 0.6) is 0 Å². The van der Waals surface area contributed by atoms with E-state index < -0.39 is 0 Å². The summed E-state index contributed by atoms with van der Waals surface area (Å²) in [6.45, 7) is 0. The summed E-state index contributed by atoms with van der Waals surface area (Å²) in [5, 5.41) is 10.6. The van der Waals surface area contributed by atoms with Crippen LogP contribution >= 0.6 is 11.8 Å². The number of aryl methyl sites for hydroxylation is 2. The lowest BCUT2D eigenvalue weighted by Crippen LogP contribution is -2.13. The molecule has 0 radical (unpaired) electrons. The molecule has 3 aromatic rings. The number of rotatable bonds is 4. The first-order valence-electron chi connectivity index (χ1n) is 8.64. The second-order valence-electron chi connectivity index (χ2n) is 6.29. The Bertz CT molecular complexity index is 934. The number of hydrogen-bond donors (Lipinski definition) is 1. The average Bonchev–Trinajstić information content (AvgIpc) is 3.16. The van der Waals surface area contributed by atoms with Gasteiger partial charge in [-0.25, -0.2) is 0 Å². The minimum Gasteiger partial charge on any atom is -0.403 e. The minimum absolute atomic E-state index is 0.108. The van der Waals surface area contributed by atoms with Gasteiger partial charge in [-0.05, 0) is 79.5 Å². The number of anilines is 1. The Balaban J connectivity index is 1.49. The second kappa shape index (κ2) is 7.33. The lowest BCUT2D eigenvalue weighted by atomic mass is 9.90. The average molecular weight is 365 g/mol. The van der Waals surface area contributed by atoms with E-state index in [0.717, 1.165) is 23.3 Å². The van der Waals surface area contributed by atoms with E-state index in [0.29, 0.717) is 11.5 Å². The first kappa shape index (κ1) is 16.8. The van der Waals surface area contributed by atoms with Gasteiger partial charge in [0.2, 0.25) is 5.89 Å². The third kappa shape index (κ3) is 3.51. The van der Waals surface area contributed by atoms with Crippen LogP contribution in [0.25, 0.3) is 11.5 Å². The van der Waals surface area contributed by atoms with Gasteiger partial charge in [-0.1, -0.05) is 11.2 Å². The van der Waals surface area contributed by atoms with Crippen LogP contribution in [-0.4, -0.2) is 22.4 Å². The van der Waals surface area contributed by atoms with E-state index in [2.05, 4.69) is 21.6 Å². The van der Waals surface area contributed by atoms with E-state index in [1.807, 2.05) is 42.7 Å². The third-order valence-corrected chi connectivity index (χ3v) is 5.34. The van der Waals surface area contributed by atoms with Gasteiger partial charge in [0, 0.05) is 16.0 Å². The number of amides is 1. The molecule has 1 amide bonds. The lowest BCUT2D eigenvalue weighted by molar-refractivity contribution is 0.102. The van der Waals surface area contributed by atoms with Gasteiger partial charge >= 0.3 is 6.01 Å². The van der Waals surface area contributed by atoms with Crippen molar-refractivity contribution in [2.45, 2.75) is 30.6 Å². The van der Waals surface area contributed by atoms with Gasteiger partial charge in [0.1, 0.15) is 0 Å². The molecule has 1 aliphatic rings. The second-order valence-corrected chi connectivity index (χ2v) is 7.17. The number of hydrogen-bond acceptors (Lipinski definition) is 5. The smallest absolute Gasteiger partial charge is 0.322 e. The molecule has 0 aliphatic heterocycles. The van der Waals surface area contributed by atoms with E-state index in [-0.39, 0.29) is 11.9 Å². The number of benzene rings is 2. The van der Waals surface area contributed by atoms with Crippen molar-refractivity contribution in [1.29, 1.82) is 0 Å². The van der Waals surface area contributed by atoms with E-state index in [1.54, 1.807) is 11.8 Å². The molecule has 0 atom stereocenters. The third-order valence-electron chi connectivity index (χ3n) is 4.59. The summed E-state index contributed by atoms with van der Waals surface area (Å²) in [5.41, 5.74) is 4.06. The normalized spacial score (nSPS) is 13.3. The van der Waals surface area contributed by atoms with Gasteiger partial charge in [0.05, 0.1) is 0 Å². The quantitative estimate of drug-likeness (QED) is 0.685. The minimum atomic E-state index is -0.230. The molecule has 0 saturated carbocycles. The number of aromatic nitrogens is 2. The molecule has 132 valence electrons. The molecule has 26 heavy (non-hydrogen) atoms. The Morgan fingerprint density at radius 2 is 1.81 bits per heavy atom. The fraction of sp³-hybridized carbons (Fsp3) is 0.250. The Kier molecular flexibility index (Phi) is 4.75. The van der Waals surface area contributed by atoms with Crippen LogP contribution in [0.15, 0.2) is 51.8 Å².